The number of para-hydroxylation sites is 2. The van der Waals surface area contributed by atoms with Gasteiger partial charge in [-0.2, -0.15) is 13.2 Å². The van der Waals surface area contributed by atoms with Crippen molar-refractivity contribution in [1.82, 2.24) is 4.98 Å². The highest BCUT2D eigenvalue weighted by Gasteiger charge is 2.28. The minimum absolute atomic E-state index is 0.0230. The molecule has 0 saturated heterocycles. The van der Waals surface area contributed by atoms with Crippen LogP contribution in [0.2, 0.25) is 0 Å². The molecule has 0 unspecified atom stereocenters. The lowest BCUT2D eigenvalue weighted by Gasteiger charge is -2.13. The zero-order valence-electron chi connectivity index (χ0n) is 13.2. The zero-order valence-corrected chi connectivity index (χ0v) is 14.1. The summed E-state index contributed by atoms with van der Waals surface area (Å²) in [5.41, 5.74) is 0.704. The lowest BCUT2D eigenvalue weighted by molar-refractivity contribution is -0.153. The van der Waals surface area contributed by atoms with Crippen molar-refractivity contribution in [3.05, 3.63) is 53.7 Å². The van der Waals surface area contributed by atoms with Gasteiger partial charge >= 0.3 is 6.18 Å². The van der Waals surface area contributed by atoms with E-state index in [9.17, 15) is 18.0 Å². The van der Waals surface area contributed by atoms with Crippen LogP contribution in [-0.4, -0.2) is 23.7 Å². The Morgan fingerprint density at radius 2 is 2.04 bits per heavy atom. The Hall–Kier alpha value is -2.81. The molecular weight excluding hydrogens is 369 g/mol. The molecule has 0 spiro atoms. The fourth-order valence-electron chi connectivity index (χ4n) is 2.12. The number of ether oxygens (including phenoxy) is 1. The number of thiazole rings is 1. The maximum Gasteiger partial charge on any atom is 0.422 e. The van der Waals surface area contributed by atoms with Crippen molar-refractivity contribution in [1.29, 1.82) is 0 Å². The monoisotopic (exact) mass is 382 g/mol. The molecule has 0 radical (unpaired) electrons. The van der Waals surface area contributed by atoms with Crippen LogP contribution >= 0.6 is 11.3 Å². The van der Waals surface area contributed by atoms with Gasteiger partial charge in [0.15, 0.2) is 17.4 Å². The summed E-state index contributed by atoms with van der Waals surface area (Å²) in [6.45, 7) is -1.43. The molecule has 26 heavy (non-hydrogen) atoms. The average molecular weight is 382 g/mol. The van der Waals surface area contributed by atoms with Crippen LogP contribution in [0.1, 0.15) is 5.69 Å². The van der Waals surface area contributed by atoms with Crippen molar-refractivity contribution >= 4 is 22.9 Å². The molecule has 0 aliphatic heterocycles. The molecule has 5 nitrogen and oxygen atoms in total. The molecule has 1 amide bonds. The third kappa shape index (κ3) is 4.85. The van der Waals surface area contributed by atoms with Crippen LogP contribution in [0.5, 0.6) is 5.75 Å². The number of aromatic nitrogens is 1. The fraction of sp³-hybridized carbons (Fsp3) is 0.176. The molecule has 0 saturated carbocycles. The van der Waals surface area contributed by atoms with Crippen LogP contribution in [0.25, 0.3) is 10.8 Å². The average Bonchev–Trinajstić information content (AvgIpc) is 3.24. The maximum atomic E-state index is 12.3. The van der Waals surface area contributed by atoms with Gasteiger partial charge in [-0.1, -0.05) is 12.1 Å². The Morgan fingerprint density at radius 3 is 2.77 bits per heavy atom. The van der Waals surface area contributed by atoms with Gasteiger partial charge in [0.25, 0.3) is 0 Å². The normalized spacial score (nSPS) is 11.3. The molecule has 3 rings (SSSR count). The Morgan fingerprint density at radius 1 is 1.23 bits per heavy atom. The SMILES string of the molecule is O=C(Cc1csc(-c2ccco2)n1)Nc1ccccc1OCC(F)(F)F. The van der Waals surface area contributed by atoms with E-state index in [1.165, 1.54) is 35.8 Å². The van der Waals surface area contributed by atoms with Gasteiger partial charge in [-0.15, -0.1) is 11.3 Å². The molecule has 9 heteroatoms. The smallest absolute Gasteiger partial charge is 0.422 e. The van der Waals surface area contributed by atoms with Gasteiger partial charge in [0.05, 0.1) is 24.1 Å². The van der Waals surface area contributed by atoms with Crippen LogP contribution in [-0.2, 0) is 11.2 Å². The molecule has 0 atom stereocenters. The zero-order chi connectivity index (χ0) is 18.6. The predicted octanol–water partition coefficient (Wildman–Crippen LogP) is 4.53. The molecule has 0 aliphatic rings. The Balaban J connectivity index is 1.63. The highest BCUT2D eigenvalue weighted by molar-refractivity contribution is 7.13. The fourth-order valence-corrected chi connectivity index (χ4v) is 2.90. The number of rotatable bonds is 6. The van der Waals surface area contributed by atoms with Crippen molar-refractivity contribution in [3.63, 3.8) is 0 Å². The first-order valence-corrected chi connectivity index (χ1v) is 8.35. The third-order valence-electron chi connectivity index (χ3n) is 3.18. The van der Waals surface area contributed by atoms with Crippen LogP contribution in [0.4, 0.5) is 18.9 Å². The molecule has 0 aliphatic carbocycles. The van der Waals surface area contributed by atoms with Crippen LogP contribution in [0.15, 0.2) is 52.5 Å². The standard InChI is InChI=1S/C17H13F3N2O3S/c18-17(19,20)10-25-13-5-2-1-4-12(13)22-15(23)8-11-9-26-16(21-11)14-6-3-7-24-14/h1-7,9H,8,10H2,(H,22,23). The quantitative estimate of drug-likeness (QED) is 0.681. The number of alkyl halides is 3. The molecule has 1 aromatic carbocycles. The van der Waals surface area contributed by atoms with Gasteiger partial charge in [0.1, 0.15) is 5.75 Å². The maximum absolute atomic E-state index is 12.3. The number of nitrogens with zero attached hydrogens (tertiary/aromatic N) is 1. The Bertz CT molecular complexity index is 876. The minimum atomic E-state index is -4.46. The first-order chi connectivity index (χ1) is 12.4. The number of nitrogens with one attached hydrogen (secondary N) is 1. The number of hydrogen-bond acceptors (Lipinski definition) is 5. The molecule has 2 aromatic heterocycles. The number of carbonyl (C=O) groups excluding carboxylic acids is 1. The van der Waals surface area contributed by atoms with Crippen LogP contribution in [0, 0.1) is 0 Å². The Kier molecular flexibility index (Phi) is 5.27. The molecule has 0 fully saturated rings. The summed E-state index contributed by atoms with van der Waals surface area (Å²) in [6, 6.07) is 9.45. The summed E-state index contributed by atoms with van der Waals surface area (Å²) in [7, 11) is 0. The van der Waals surface area contributed by atoms with E-state index in [0.29, 0.717) is 16.5 Å². The second kappa shape index (κ2) is 7.61. The molecular formula is C17H13F3N2O3S. The number of carbonyl (C=O) groups is 1. The molecule has 136 valence electrons. The van der Waals surface area contributed by atoms with Crippen molar-refractivity contribution in [2.24, 2.45) is 0 Å². The summed E-state index contributed by atoms with van der Waals surface area (Å²) >= 11 is 1.34. The number of benzene rings is 1. The number of hydrogen-bond donors (Lipinski definition) is 1. The highest BCUT2D eigenvalue weighted by atomic mass is 32.1. The van der Waals surface area contributed by atoms with Crippen LogP contribution in [0.3, 0.4) is 0 Å². The molecule has 2 heterocycles. The van der Waals surface area contributed by atoms with E-state index in [4.69, 9.17) is 9.15 Å². The number of furan rings is 1. The second-order valence-corrected chi connectivity index (χ2v) is 6.10. The lowest BCUT2D eigenvalue weighted by atomic mass is 10.2. The van der Waals surface area contributed by atoms with Crippen LogP contribution < -0.4 is 10.1 Å². The third-order valence-corrected chi connectivity index (χ3v) is 4.08. The summed E-state index contributed by atoms with van der Waals surface area (Å²) < 4.78 is 46.9. The molecule has 0 bridgehead atoms. The van der Waals surface area contributed by atoms with E-state index in [0.717, 1.165) is 0 Å². The van der Waals surface area contributed by atoms with E-state index in [1.54, 1.807) is 23.6 Å². The summed E-state index contributed by atoms with van der Waals surface area (Å²) in [6.07, 6.45) is -2.95. The van der Waals surface area contributed by atoms with E-state index in [2.05, 4.69) is 10.3 Å². The second-order valence-electron chi connectivity index (χ2n) is 5.25. The van der Waals surface area contributed by atoms with Gasteiger partial charge in [-0.3, -0.25) is 4.79 Å². The van der Waals surface area contributed by atoms with E-state index < -0.39 is 18.7 Å². The van der Waals surface area contributed by atoms with Crippen molar-refractivity contribution in [3.8, 4) is 16.5 Å². The van der Waals surface area contributed by atoms with E-state index in [-0.39, 0.29) is 17.9 Å². The summed E-state index contributed by atoms with van der Waals surface area (Å²) in [5, 5.41) is 4.92. The molecule has 3 aromatic rings. The number of halogens is 3. The minimum Gasteiger partial charge on any atom is -0.482 e. The number of amides is 1. The van der Waals surface area contributed by atoms with Crippen molar-refractivity contribution in [2.45, 2.75) is 12.6 Å². The van der Waals surface area contributed by atoms with Gasteiger partial charge in [0.2, 0.25) is 5.91 Å². The number of anilines is 1. The van der Waals surface area contributed by atoms with E-state index >= 15 is 0 Å². The van der Waals surface area contributed by atoms with E-state index in [1.807, 2.05) is 0 Å². The summed E-state index contributed by atoms with van der Waals surface area (Å²) in [4.78, 5) is 16.5. The Labute approximate surface area is 150 Å². The van der Waals surface area contributed by atoms with Crippen molar-refractivity contribution < 1.29 is 27.1 Å². The van der Waals surface area contributed by atoms with Gasteiger partial charge < -0.3 is 14.5 Å². The topological polar surface area (TPSA) is 64.4 Å². The predicted molar refractivity (Wildman–Crippen MR) is 90.1 cm³/mol. The van der Waals surface area contributed by atoms with Gasteiger partial charge in [-0.05, 0) is 24.3 Å². The largest absolute Gasteiger partial charge is 0.482 e. The van der Waals surface area contributed by atoms with Gasteiger partial charge in [-0.25, -0.2) is 4.98 Å². The van der Waals surface area contributed by atoms with Gasteiger partial charge in [0, 0.05) is 5.38 Å². The lowest BCUT2D eigenvalue weighted by Crippen LogP contribution is -2.20. The highest BCUT2D eigenvalue weighted by Crippen LogP contribution is 2.27. The molecule has 1 N–H and O–H groups in total. The first kappa shape index (κ1) is 18.0. The first-order valence-electron chi connectivity index (χ1n) is 7.47. The summed E-state index contributed by atoms with van der Waals surface area (Å²) in [5.74, 6) is 0.143. The van der Waals surface area contributed by atoms with Crippen molar-refractivity contribution in [2.75, 3.05) is 11.9 Å².